The second kappa shape index (κ2) is 5.88. The van der Waals surface area contributed by atoms with E-state index in [2.05, 4.69) is 15.9 Å². The van der Waals surface area contributed by atoms with Gasteiger partial charge in [0.2, 0.25) is 0 Å². The van der Waals surface area contributed by atoms with Crippen LogP contribution in [0.15, 0.2) is 40.9 Å². The number of benzene rings is 2. The van der Waals surface area contributed by atoms with Crippen LogP contribution in [0.2, 0.25) is 0 Å². The van der Waals surface area contributed by atoms with Crippen LogP contribution in [-0.4, -0.2) is 16.0 Å². The number of carbonyl (C=O) groups is 1. The Hall–Kier alpha value is -2.48. The number of hydrogen-bond donors (Lipinski definition) is 1. The van der Waals surface area contributed by atoms with Crippen LogP contribution in [0.4, 0.5) is 10.1 Å². The fraction of sp³-hybridized carbons (Fsp3) is 0. The fourth-order valence-electron chi connectivity index (χ4n) is 1.59. The summed E-state index contributed by atoms with van der Waals surface area (Å²) in [5.74, 6) is -1.82. The van der Waals surface area contributed by atoms with Gasteiger partial charge < -0.3 is 9.84 Å². The summed E-state index contributed by atoms with van der Waals surface area (Å²) in [6, 6.07) is 7.02. The number of nitrogens with zero attached hydrogens (tertiary/aromatic N) is 1. The van der Waals surface area contributed by atoms with Crippen LogP contribution in [0, 0.1) is 15.9 Å². The molecule has 8 heteroatoms. The standard InChI is InChI=1S/C13H7BrFNO5/c14-10-3-1-7(15)5-12(10)21-8-2-4-11(16(19)20)9(6-8)13(17)18/h1-6H,(H,17,18). The van der Waals surface area contributed by atoms with Gasteiger partial charge in [0.25, 0.3) is 5.69 Å². The van der Waals surface area contributed by atoms with Gasteiger partial charge in [-0.2, -0.15) is 0 Å². The van der Waals surface area contributed by atoms with Gasteiger partial charge in [0.05, 0.1) is 9.40 Å². The number of rotatable bonds is 4. The molecule has 108 valence electrons. The number of carboxylic acids is 1. The van der Waals surface area contributed by atoms with E-state index in [0.717, 1.165) is 18.2 Å². The van der Waals surface area contributed by atoms with Crippen molar-refractivity contribution in [1.82, 2.24) is 0 Å². The van der Waals surface area contributed by atoms with Crippen molar-refractivity contribution in [3.8, 4) is 11.5 Å². The number of hydrogen-bond acceptors (Lipinski definition) is 4. The predicted octanol–water partition coefficient (Wildman–Crippen LogP) is 3.99. The molecule has 2 aromatic rings. The van der Waals surface area contributed by atoms with Gasteiger partial charge >= 0.3 is 5.97 Å². The van der Waals surface area contributed by atoms with Gasteiger partial charge in [-0.05, 0) is 34.1 Å². The average molecular weight is 356 g/mol. The molecular weight excluding hydrogens is 349 g/mol. The predicted molar refractivity (Wildman–Crippen MR) is 74.2 cm³/mol. The molecule has 2 aromatic carbocycles. The van der Waals surface area contributed by atoms with Crippen molar-refractivity contribution in [3.63, 3.8) is 0 Å². The van der Waals surface area contributed by atoms with Crippen molar-refractivity contribution in [2.45, 2.75) is 0 Å². The lowest BCUT2D eigenvalue weighted by Gasteiger charge is -2.08. The Labute approximate surface area is 126 Å². The molecule has 0 fully saturated rings. The van der Waals surface area contributed by atoms with Gasteiger partial charge in [-0.15, -0.1) is 0 Å². The minimum atomic E-state index is -1.45. The van der Waals surface area contributed by atoms with Crippen molar-refractivity contribution in [2.75, 3.05) is 0 Å². The molecular formula is C13H7BrFNO5. The van der Waals surface area contributed by atoms with Crippen molar-refractivity contribution < 1.29 is 24.0 Å². The van der Waals surface area contributed by atoms with E-state index in [4.69, 9.17) is 9.84 Å². The number of carboxylic acid groups (broad SMARTS) is 1. The summed E-state index contributed by atoms with van der Waals surface area (Å²) >= 11 is 3.16. The lowest BCUT2D eigenvalue weighted by molar-refractivity contribution is -0.385. The number of nitro benzene ring substituents is 1. The first-order valence-electron chi connectivity index (χ1n) is 5.53. The van der Waals surface area contributed by atoms with Gasteiger partial charge in [0.1, 0.15) is 22.9 Å². The number of halogens is 2. The Bertz CT molecular complexity index is 734. The molecule has 1 N–H and O–H groups in total. The summed E-state index contributed by atoms with van der Waals surface area (Å²) in [5.41, 5.74) is -1.06. The topological polar surface area (TPSA) is 89.7 Å². The van der Waals surface area contributed by atoms with Crippen molar-refractivity contribution in [1.29, 1.82) is 0 Å². The minimum absolute atomic E-state index is 0.0456. The van der Waals surface area contributed by atoms with Gasteiger partial charge in [0.15, 0.2) is 0 Å². The highest BCUT2D eigenvalue weighted by atomic mass is 79.9. The van der Waals surface area contributed by atoms with Gasteiger partial charge in [-0.1, -0.05) is 0 Å². The van der Waals surface area contributed by atoms with Gasteiger partial charge in [0, 0.05) is 18.2 Å². The normalized spacial score (nSPS) is 10.2. The maximum Gasteiger partial charge on any atom is 0.342 e. The maximum atomic E-state index is 13.1. The molecule has 0 aliphatic heterocycles. The van der Waals surface area contributed by atoms with Crippen molar-refractivity contribution >= 4 is 27.6 Å². The largest absolute Gasteiger partial charge is 0.477 e. The summed E-state index contributed by atoms with van der Waals surface area (Å²) in [7, 11) is 0. The zero-order valence-corrected chi connectivity index (χ0v) is 11.8. The lowest BCUT2D eigenvalue weighted by atomic mass is 10.1. The summed E-state index contributed by atoms with van der Waals surface area (Å²) in [6.07, 6.45) is 0. The SMILES string of the molecule is O=C(O)c1cc(Oc2cc(F)ccc2Br)ccc1[N+](=O)[O-]. The average Bonchev–Trinajstić information content (AvgIpc) is 2.42. The molecule has 0 amide bonds. The molecule has 0 atom stereocenters. The van der Waals surface area contributed by atoms with Gasteiger partial charge in [-0.25, -0.2) is 9.18 Å². The van der Waals surface area contributed by atoms with E-state index in [1.807, 2.05) is 0 Å². The van der Waals surface area contributed by atoms with E-state index in [0.29, 0.717) is 4.47 Å². The van der Waals surface area contributed by atoms with Crippen LogP contribution in [0.1, 0.15) is 10.4 Å². The second-order valence-corrected chi connectivity index (χ2v) is 4.77. The molecule has 0 spiro atoms. The zero-order chi connectivity index (χ0) is 15.6. The first-order chi connectivity index (χ1) is 9.88. The number of aromatic carboxylic acids is 1. The minimum Gasteiger partial charge on any atom is -0.477 e. The van der Waals surface area contributed by atoms with E-state index < -0.39 is 28.0 Å². The molecule has 0 bridgehead atoms. The third-order valence-corrected chi connectivity index (χ3v) is 3.17. The molecule has 2 rings (SSSR count). The molecule has 0 heterocycles. The summed E-state index contributed by atoms with van der Waals surface area (Å²) in [5, 5.41) is 19.7. The Morgan fingerprint density at radius 2 is 2.00 bits per heavy atom. The molecule has 0 saturated heterocycles. The fourth-order valence-corrected chi connectivity index (χ4v) is 1.92. The summed E-state index contributed by atoms with van der Waals surface area (Å²) < 4.78 is 18.9. The summed E-state index contributed by atoms with van der Waals surface area (Å²) in [6.45, 7) is 0. The molecule has 0 aliphatic carbocycles. The third-order valence-electron chi connectivity index (χ3n) is 2.52. The molecule has 0 radical (unpaired) electrons. The summed E-state index contributed by atoms with van der Waals surface area (Å²) in [4.78, 5) is 21.0. The van der Waals surface area contributed by atoms with E-state index in [1.54, 1.807) is 0 Å². The van der Waals surface area contributed by atoms with Crippen LogP contribution in [0.5, 0.6) is 11.5 Å². The van der Waals surface area contributed by atoms with Crippen LogP contribution in [-0.2, 0) is 0 Å². The molecule has 21 heavy (non-hydrogen) atoms. The molecule has 0 aliphatic rings. The number of ether oxygens (including phenoxy) is 1. The first kappa shape index (κ1) is 14.9. The molecule has 6 nitrogen and oxygen atoms in total. The van der Waals surface area contributed by atoms with Gasteiger partial charge in [-0.3, -0.25) is 10.1 Å². The Kier molecular flexibility index (Phi) is 4.18. The van der Waals surface area contributed by atoms with Crippen LogP contribution >= 0.6 is 15.9 Å². The van der Waals surface area contributed by atoms with Crippen LogP contribution in [0.3, 0.4) is 0 Å². The smallest absolute Gasteiger partial charge is 0.342 e. The highest BCUT2D eigenvalue weighted by molar-refractivity contribution is 9.10. The van der Waals surface area contributed by atoms with Crippen LogP contribution < -0.4 is 4.74 Å². The highest BCUT2D eigenvalue weighted by Gasteiger charge is 2.20. The highest BCUT2D eigenvalue weighted by Crippen LogP contribution is 2.32. The lowest BCUT2D eigenvalue weighted by Crippen LogP contribution is -2.03. The molecule has 0 unspecified atom stereocenters. The van der Waals surface area contributed by atoms with E-state index >= 15 is 0 Å². The maximum absolute atomic E-state index is 13.1. The molecule has 0 saturated carbocycles. The van der Waals surface area contributed by atoms with Crippen molar-refractivity contribution in [2.24, 2.45) is 0 Å². The second-order valence-electron chi connectivity index (χ2n) is 3.92. The Balaban J connectivity index is 2.41. The Morgan fingerprint density at radius 3 is 2.62 bits per heavy atom. The number of nitro groups is 1. The zero-order valence-electron chi connectivity index (χ0n) is 10.2. The van der Waals surface area contributed by atoms with Crippen molar-refractivity contribution in [3.05, 3.63) is 62.4 Å². The first-order valence-corrected chi connectivity index (χ1v) is 6.32. The van der Waals surface area contributed by atoms with E-state index in [1.165, 1.54) is 18.2 Å². The molecule has 0 aromatic heterocycles. The van der Waals surface area contributed by atoms with Crippen LogP contribution in [0.25, 0.3) is 0 Å². The third kappa shape index (κ3) is 3.34. The van der Waals surface area contributed by atoms with E-state index in [-0.39, 0.29) is 11.5 Å². The van der Waals surface area contributed by atoms with E-state index in [9.17, 15) is 19.3 Å². The monoisotopic (exact) mass is 355 g/mol. The Morgan fingerprint density at radius 1 is 1.29 bits per heavy atom. The quantitative estimate of drug-likeness (QED) is 0.661.